The summed E-state index contributed by atoms with van der Waals surface area (Å²) in [5.74, 6) is -0.0604. The number of benzene rings is 1. The molecule has 0 saturated heterocycles. The van der Waals surface area contributed by atoms with Crippen LogP contribution in [0.3, 0.4) is 0 Å². The number of para-hydroxylation sites is 1. The van der Waals surface area contributed by atoms with Crippen LogP contribution in [0.4, 0.5) is 5.69 Å². The second-order valence-corrected chi connectivity index (χ2v) is 5.10. The van der Waals surface area contributed by atoms with Crippen molar-refractivity contribution in [3.63, 3.8) is 0 Å². The van der Waals surface area contributed by atoms with E-state index in [1.165, 1.54) is 0 Å². The highest BCUT2D eigenvalue weighted by Gasteiger charge is 2.22. The Hall–Kier alpha value is -1.55. The number of hydrogen-bond donors (Lipinski definition) is 3. The fourth-order valence-corrected chi connectivity index (χ4v) is 2.45. The van der Waals surface area contributed by atoms with E-state index in [9.17, 15) is 9.90 Å². The van der Waals surface area contributed by atoms with Crippen molar-refractivity contribution in [2.75, 3.05) is 11.9 Å². The number of nitrogens with one attached hydrogen (secondary N) is 2. The van der Waals surface area contributed by atoms with E-state index in [2.05, 4.69) is 10.6 Å². The zero-order valence-corrected chi connectivity index (χ0v) is 11.1. The van der Waals surface area contributed by atoms with Crippen LogP contribution in [0, 0.1) is 0 Å². The third-order valence-corrected chi connectivity index (χ3v) is 3.55. The maximum atomic E-state index is 11.9. The minimum Gasteiger partial charge on any atom is -0.391 e. The van der Waals surface area contributed by atoms with E-state index in [1.807, 2.05) is 30.3 Å². The van der Waals surface area contributed by atoms with Gasteiger partial charge in [-0.2, -0.15) is 0 Å². The molecular weight excluding hydrogens is 240 g/mol. The molecule has 1 saturated carbocycles. The predicted octanol–water partition coefficient (Wildman–Crippen LogP) is 1.91. The Bertz CT molecular complexity index is 394. The number of amides is 1. The van der Waals surface area contributed by atoms with Crippen LogP contribution in [0.5, 0.6) is 0 Å². The van der Waals surface area contributed by atoms with Gasteiger partial charge in [0.2, 0.25) is 5.91 Å². The third kappa shape index (κ3) is 4.56. The van der Waals surface area contributed by atoms with Crippen molar-refractivity contribution in [2.45, 2.75) is 44.2 Å². The Morgan fingerprint density at radius 2 is 1.89 bits per heavy atom. The monoisotopic (exact) mass is 262 g/mol. The van der Waals surface area contributed by atoms with Gasteiger partial charge in [0.1, 0.15) is 0 Å². The molecule has 4 heteroatoms. The molecule has 19 heavy (non-hydrogen) atoms. The smallest absolute Gasteiger partial charge is 0.239 e. The average molecular weight is 262 g/mol. The number of hydrogen-bond acceptors (Lipinski definition) is 3. The molecule has 0 spiro atoms. The summed E-state index contributed by atoms with van der Waals surface area (Å²) in [6, 6.07) is 9.55. The van der Waals surface area contributed by atoms with Crippen molar-refractivity contribution in [3.05, 3.63) is 30.3 Å². The molecule has 0 heterocycles. The minimum atomic E-state index is -0.400. The van der Waals surface area contributed by atoms with Crippen LogP contribution in [0.1, 0.15) is 32.1 Å². The largest absolute Gasteiger partial charge is 0.391 e. The quantitative estimate of drug-likeness (QED) is 0.726. The first-order valence-electron chi connectivity index (χ1n) is 7.02. The maximum absolute atomic E-state index is 11.9. The van der Waals surface area contributed by atoms with Crippen LogP contribution >= 0.6 is 0 Å². The lowest BCUT2D eigenvalue weighted by Crippen LogP contribution is -2.44. The molecule has 1 aromatic carbocycles. The van der Waals surface area contributed by atoms with Crippen LogP contribution in [0.25, 0.3) is 0 Å². The van der Waals surface area contributed by atoms with Gasteiger partial charge in [-0.1, -0.05) is 37.5 Å². The SMILES string of the molecule is O=C(CNc1ccccc1)NC1CCCCCC1O. The molecule has 0 aliphatic heterocycles. The number of rotatable bonds is 4. The molecule has 104 valence electrons. The Morgan fingerprint density at radius 3 is 2.68 bits per heavy atom. The van der Waals surface area contributed by atoms with Gasteiger partial charge in [-0.05, 0) is 25.0 Å². The fourth-order valence-electron chi connectivity index (χ4n) is 2.45. The van der Waals surface area contributed by atoms with E-state index < -0.39 is 6.10 Å². The van der Waals surface area contributed by atoms with Gasteiger partial charge < -0.3 is 15.7 Å². The van der Waals surface area contributed by atoms with Gasteiger partial charge in [0.15, 0.2) is 0 Å². The lowest BCUT2D eigenvalue weighted by Gasteiger charge is -2.21. The van der Waals surface area contributed by atoms with Gasteiger partial charge in [0, 0.05) is 5.69 Å². The number of anilines is 1. The molecule has 2 unspecified atom stereocenters. The predicted molar refractivity (Wildman–Crippen MR) is 76.0 cm³/mol. The van der Waals surface area contributed by atoms with Crippen molar-refractivity contribution in [1.29, 1.82) is 0 Å². The van der Waals surface area contributed by atoms with E-state index >= 15 is 0 Å². The first kappa shape index (κ1) is 13.9. The van der Waals surface area contributed by atoms with Crippen molar-refractivity contribution in [2.24, 2.45) is 0 Å². The maximum Gasteiger partial charge on any atom is 0.239 e. The molecule has 0 radical (unpaired) electrons. The van der Waals surface area contributed by atoms with Crippen LogP contribution in [0.15, 0.2) is 30.3 Å². The van der Waals surface area contributed by atoms with Gasteiger partial charge >= 0.3 is 0 Å². The van der Waals surface area contributed by atoms with Crippen molar-refractivity contribution in [3.8, 4) is 0 Å². The summed E-state index contributed by atoms with van der Waals surface area (Å²) in [6.45, 7) is 0.243. The molecule has 3 N–H and O–H groups in total. The number of carbonyl (C=O) groups excluding carboxylic acids is 1. The van der Waals surface area contributed by atoms with E-state index in [0.717, 1.165) is 37.8 Å². The number of aliphatic hydroxyl groups excluding tert-OH is 1. The first-order chi connectivity index (χ1) is 9.25. The summed E-state index contributed by atoms with van der Waals surface area (Å²) < 4.78 is 0. The first-order valence-corrected chi connectivity index (χ1v) is 7.02. The number of aliphatic hydroxyl groups is 1. The lowest BCUT2D eigenvalue weighted by molar-refractivity contribution is -0.121. The summed E-state index contributed by atoms with van der Waals surface area (Å²) in [5.41, 5.74) is 0.930. The van der Waals surface area contributed by atoms with Crippen LogP contribution in [0.2, 0.25) is 0 Å². The molecule has 1 aliphatic rings. The molecule has 1 amide bonds. The summed E-state index contributed by atoms with van der Waals surface area (Å²) in [5, 5.41) is 15.9. The van der Waals surface area contributed by atoms with Crippen molar-refractivity contribution >= 4 is 11.6 Å². The topological polar surface area (TPSA) is 61.4 Å². The van der Waals surface area contributed by atoms with Crippen LogP contribution < -0.4 is 10.6 Å². The normalized spacial score (nSPS) is 23.4. The van der Waals surface area contributed by atoms with Crippen LogP contribution in [-0.4, -0.2) is 29.7 Å². The summed E-state index contributed by atoms with van der Waals surface area (Å²) in [7, 11) is 0. The second-order valence-electron chi connectivity index (χ2n) is 5.10. The Kier molecular flexibility index (Phi) is 5.21. The molecule has 4 nitrogen and oxygen atoms in total. The molecule has 2 atom stereocenters. The van der Waals surface area contributed by atoms with Gasteiger partial charge in [-0.3, -0.25) is 4.79 Å². The Labute approximate surface area is 114 Å². The van der Waals surface area contributed by atoms with Gasteiger partial charge in [-0.25, -0.2) is 0 Å². The standard InChI is InChI=1S/C15H22N2O2/c18-14-10-6-2-5-9-13(14)17-15(19)11-16-12-7-3-1-4-8-12/h1,3-4,7-8,13-14,16,18H,2,5-6,9-11H2,(H,17,19). The summed E-state index contributed by atoms with van der Waals surface area (Å²) >= 11 is 0. The Balaban J connectivity index is 1.77. The van der Waals surface area contributed by atoms with Crippen molar-refractivity contribution in [1.82, 2.24) is 5.32 Å². The zero-order valence-electron chi connectivity index (χ0n) is 11.1. The zero-order chi connectivity index (χ0) is 13.5. The molecule has 1 fully saturated rings. The molecular formula is C15H22N2O2. The van der Waals surface area contributed by atoms with Crippen molar-refractivity contribution < 1.29 is 9.90 Å². The van der Waals surface area contributed by atoms with Crippen LogP contribution in [-0.2, 0) is 4.79 Å². The minimum absolute atomic E-state index is 0.0604. The van der Waals surface area contributed by atoms with Gasteiger partial charge in [0.05, 0.1) is 18.7 Å². The molecule has 0 bridgehead atoms. The molecule has 1 aromatic rings. The van der Waals surface area contributed by atoms with E-state index in [-0.39, 0.29) is 18.5 Å². The fraction of sp³-hybridized carbons (Fsp3) is 0.533. The average Bonchev–Trinajstić information content (AvgIpc) is 2.63. The van der Waals surface area contributed by atoms with E-state index in [4.69, 9.17) is 0 Å². The summed E-state index contributed by atoms with van der Waals surface area (Å²) in [4.78, 5) is 11.9. The second kappa shape index (κ2) is 7.14. The van der Waals surface area contributed by atoms with E-state index in [1.54, 1.807) is 0 Å². The highest BCUT2D eigenvalue weighted by Crippen LogP contribution is 2.17. The Morgan fingerprint density at radius 1 is 1.16 bits per heavy atom. The molecule has 1 aliphatic carbocycles. The van der Waals surface area contributed by atoms with Gasteiger partial charge in [-0.15, -0.1) is 0 Å². The highest BCUT2D eigenvalue weighted by atomic mass is 16.3. The molecule has 2 rings (SSSR count). The molecule has 0 aromatic heterocycles. The number of carbonyl (C=O) groups is 1. The summed E-state index contributed by atoms with van der Waals surface area (Å²) in [6.07, 6.45) is 4.54. The third-order valence-electron chi connectivity index (χ3n) is 3.55. The van der Waals surface area contributed by atoms with Gasteiger partial charge in [0.25, 0.3) is 0 Å². The lowest BCUT2D eigenvalue weighted by atomic mass is 10.1. The highest BCUT2D eigenvalue weighted by molar-refractivity contribution is 5.81. The van der Waals surface area contributed by atoms with E-state index in [0.29, 0.717) is 0 Å².